The Labute approximate surface area is 130 Å². The van der Waals surface area contributed by atoms with Crippen molar-refractivity contribution in [2.45, 2.75) is 31.7 Å². The van der Waals surface area contributed by atoms with Crippen LogP contribution in [0.25, 0.3) is 11.3 Å². The molecule has 3 N–H and O–H groups in total. The zero-order chi connectivity index (χ0) is 17.4. The summed E-state index contributed by atoms with van der Waals surface area (Å²) in [5.74, 6) is -0.473. The maximum atomic E-state index is 13.0. The topological polar surface area (TPSA) is 59.1 Å². The van der Waals surface area contributed by atoms with E-state index >= 15 is 0 Å². The van der Waals surface area contributed by atoms with E-state index in [-0.39, 0.29) is 5.69 Å². The minimum atomic E-state index is -4.84. The Bertz CT molecular complexity index is 691. The van der Waals surface area contributed by atoms with E-state index in [0.29, 0.717) is 11.1 Å². The summed E-state index contributed by atoms with van der Waals surface area (Å²) in [4.78, 5) is 3.87. The molecule has 1 atom stereocenters. The van der Waals surface area contributed by atoms with Gasteiger partial charge >= 0.3 is 6.18 Å². The van der Waals surface area contributed by atoms with Gasteiger partial charge in [-0.1, -0.05) is 0 Å². The number of aliphatic hydroxyl groups is 1. The Morgan fingerprint density at radius 1 is 1.09 bits per heavy atom. The summed E-state index contributed by atoms with van der Waals surface area (Å²) in [5, 5.41) is 9.47. The number of rotatable bonds is 3. The average Bonchev–Trinajstić information content (AvgIpc) is 2.45. The van der Waals surface area contributed by atoms with Crippen LogP contribution >= 0.6 is 0 Å². The molecule has 0 fully saturated rings. The molecule has 1 unspecified atom stereocenters. The number of hydrogen-bond acceptors (Lipinski definition) is 3. The molecule has 3 nitrogen and oxygen atoms in total. The summed E-state index contributed by atoms with van der Waals surface area (Å²) in [7, 11) is 0. The molecule has 2 rings (SSSR count). The number of nitrogens with two attached hydrogens (primary N) is 1. The molecule has 0 bridgehead atoms. The van der Waals surface area contributed by atoms with E-state index in [1.807, 2.05) is 0 Å². The van der Waals surface area contributed by atoms with Crippen LogP contribution in [0.3, 0.4) is 0 Å². The molecular formula is C16H16F4N2O. The van der Waals surface area contributed by atoms with Crippen LogP contribution in [0.2, 0.25) is 0 Å². The summed E-state index contributed by atoms with van der Waals surface area (Å²) in [5.41, 5.74) is 5.46. The minimum Gasteiger partial charge on any atom is -0.378 e. The van der Waals surface area contributed by atoms with Crippen LogP contribution in [0.1, 0.15) is 31.2 Å². The quantitative estimate of drug-likeness (QED) is 0.845. The van der Waals surface area contributed by atoms with Gasteiger partial charge in [0.15, 0.2) is 6.10 Å². The normalized spacial score (nSPS) is 13.9. The molecule has 1 heterocycles. The summed E-state index contributed by atoms with van der Waals surface area (Å²) in [6.07, 6.45) is -7.56. The first-order valence-corrected chi connectivity index (χ1v) is 6.80. The molecule has 1 aromatic heterocycles. The third-order valence-electron chi connectivity index (χ3n) is 3.32. The van der Waals surface area contributed by atoms with Crippen LogP contribution in [-0.2, 0) is 5.54 Å². The molecule has 124 valence electrons. The monoisotopic (exact) mass is 328 g/mol. The standard InChI is InChI=1S/C16H16F4N2O/c1-15(2,21)10-7-12(9-3-5-11(17)6-4-9)22-13(8-10)14(23)16(18,19)20/h3-8,14,23H,21H2,1-2H3. The number of pyridine rings is 1. The van der Waals surface area contributed by atoms with Gasteiger partial charge < -0.3 is 10.8 Å². The van der Waals surface area contributed by atoms with Gasteiger partial charge in [0.2, 0.25) is 0 Å². The molecule has 0 amide bonds. The van der Waals surface area contributed by atoms with Gasteiger partial charge in [-0.05, 0) is 55.8 Å². The molecule has 0 spiro atoms. The molecule has 0 aliphatic heterocycles. The van der Waals surface area contributed by atoms with Crippen molar-refractivity contribution in [1.29, 1.82) is 0 Å². The molecule has 2 aromatic rings. The van der Waals surface area contributed by atoms with E-state index in [4.69, 9.17) is 5.73 Å². The summed E-state index contributed by atoms with van der Waals surface area (Å²) >= 11 is 0. The fourth-order valence-electron chi connectivity index (χ4n) is 2.00. The van der Waals surface area contributed by atoms with Crippen molar-refractivity contribution in [3.05, 3.63) is 53.5 Å². The van der Waals surface area contributed by atoms with E-state index in [9.17, 15) is 22.7 Å². The van der Waals surface area contributed by atoms with Gasteiger partial charge in [0, 0.05) is 11.1 Å². The summed E-state index contributed by atoms with van der Waals surface area (Å²) < 4.78 is 51.3. The van der Waals surface area contributed by atoms with E-state index in [0.717, 1.165) is 6.07 Å². The van der Waals surface area contributed by atoms with Gasteiger partial charge in [0.1, 0.15) is 5.82 Å². The number of nitrogens with zero attached hydrogens (tertiary/aromatic N) is 1. The molecule has 0 saturated heterocycles. The highest BCUT2D eigenvalue weighted by Crippen LogP contribution is 2.34. The number of hydrogen-bond donors (Lipinski definition) is 2. The molecule has 7 heteroatoms. The predicted octanol–water partition coefficient (Wildman–Crippen LogP) is 3.68. The van der Waals surface area contributed by atoms with Crippen LogP contribution in [-0.4, -0.2) is 16.3 Å². The van der Waals surface area contributed by atoms with Gasteiger partial charge in [0.05, 0.1) is 11.4 Å². The highest BCUT2D eigenvalue weighted by Gasteiger charge is 2.41. The number of alkyl halides is 3. The lowest BCUT2D eigenvalue weighted by molar-refractivity contribution is -0.207. The fourth-order valence-corrected chi connectivity index (χ4v) is 2.00. The highest BCUT2D eigenvalue weighted by atomic mass is 19.4. The molecule has 0 aliphatic carbocycles. The van der Waals surface area contributed by atoms with Crippen molar-refractivity contribution in [2.75, 3.05) is 0 Å². The largest absolute Gasteiger partial charge is 0.420 e. The number of aliphatic hydroxyl groups excluding tert-OH is 1. The fraction of sp³-hybridized carbons (Fsp3) is 0.312. The lowest BCUT2D eigenvalue weighted by Gasteiger charge is -2.23. The second kappa shape index (κ2) is 5.90. The Kier molecular flexibility index (Phi) is 4.45. The van der Waals surface area contributed by atoms with Crippen molar-refractivity contribution in [1.82, 2.24) is 4.98 Å². The highest BCUT2D eigenvalue weighted by molar-refractivity contribution is 5.60. The Morgan fingerprint density at radius 2 is 1.65 bits per heavy atom. The van der Waals surface area contributed by atoms with Gasteiger partial charge in [-0.3, -0.25) is 0 Å². The van der Waals surface area contributed by atoms with Crippen molar-refractivity contribution in [3.8, 4) is 11.3 Å². The first-order valence-electron chi connectivity index (χ1n) is 6.80. The molecule has 23 heavy (non-hydrogen) atoms. The summed E-state index contributed by atoms with van der Waals surface area (Å²) in [6.45, 7) is 3.25. The Hall–Kier alpha value is -1.99. The number of halogens is 4. The van der Waals surface area contributed by atoms with E-state index in [1.165, 1.54) is 30.3 Å². The van der Waals surface area contributed by atoms with E-state index < -0.39 is 29.3 Å². The average molecular weight is 328 g/mol. The van der Waals surface area contributed by atoms with Gasteiger partial charge in [0.25, 0.3) is 0 Å². The van der Waals surface area contributed by atoms with Gasteiger partial charge in [-0.25, -0.2) is 9.37 Å². The zero-order valence-electron chi connectivity index (χ0n) is 12.5. The Balaban J connectivity index is 2.61. The first-order chi connectivity index (χ1) is 10.5. The lowest BCUT2D eigenvalue weighted by Crippen LogP contribution is -2.30. The third kappa shape index (κ3) is 4.05. The number of benzene rings is 1. The van der Waals surface area contributed by atoms with Crippen LogP contribution < -0.4 is 5.73 Å². The number of aromatic nitrogens is 1. The molecule has 1 aromatic carbocycles. The van der Waals surface area contributed by atoms with E-state index in [1.54, 1.807) is 13.8 Å². The second-order valence-corrected chi connectivity index (χ2v) is 5.84. The van der Waals surface area contributed by atoms with Gasteiger partial charge in [-0.2, -0.15) is 13.2 Å². The molecule has 0 radical (unpaired) electrons. The Morgan fingerprint density at radius 3 is 2.13 bits per heavy atom. The predicted molar refractivity (Wildman–Crippen MR) is 77.9 cm³/mol. The molecule has 0 saturated carbocycles. The zero-order valence-corrected chi connectivity index (χ0v) is 12.5. The smallest absolute Gasteiger partial charge is 0.378 e. The lowest BCUT2D eigenvalue weighted by atomic mass is 9.93. The maximum Gasteiger partial charge on any atom is 0.420 e. The maximum absolute atomic E-state index is 13.0. The second-order valence-electron chi connectivity index (χ2n) is 5.84. The van der Waals surface area contributed by atoms with Crippen LogP contribution in [0.15, 0.2) is 36.4 Å². The van der Waals surface area contributed by atoms with Crippen molar-refractivity contribution < 1.29 is 22.7 Å². The van der Waals surface area contributed by atoms with Crippen molar-refractivity contribution in [2.24, 2.45) is 5.73 Å². The molecule has 0 aliphatic rings. The van der Waals surface area contributed by atoms with Crippen molar-refractivity contribution in [3.63, 3.8) is 0 Å². The van der Waals surface area contributed by atoms with Crippen LogP contribution in [0.5, 0.6) is 0 Å². The van der Waals surface area contributed by atoms with E-state index in [2.05, 4.69) is 4.98 Å². The van der Waals surface area contributed by atoms with Crippen LogP contribution in [0.4, 0.5) is 17.6 Å². The third-order valence-corrected chi connectivity index (χ3v) is 3.32. The van der Waals surface area contributed by atoms with Gasteiger partial charge in [-0.15, -0.1) is 0 Å². The van der Waals surface area contributed by atoms with Crippen molar-refractivity contribution >= 4 is 0 Å². The minimum absolute atomic E-state index is 0.180. The van der Waals surface area contributed by atoms with Crippen LogP contribution in [0, 0.1) is 5.82 Å². The molecular weight excluding hydrogens is 312 g/mol. The summed E-state index contributed by atoms with van der Waals surface area (Å²) in [6, 6.07) is 7.81. The first kappa shape index (κ1) is 17.4. The SMILES string of the molecule is CC(C)(N)c1cc(-c2ccc(F)cc2)nc(C(O)C(F)(F)F)c1.